The molecule has 0 atom stereocenters. The van der Waals surface area contributed by atoms with E-state index in [1.165, 1.54) is 12.1 Å². The summed E-state index contributed by atoms with van der Waals surface area (Å²) < 4.78 is 14.9. The summed E-state index contributed by atoms with van der Waals surface area (Å²) in [6, 6.07) is 19.1. The number of para-hydroxylation sites is 2. The number of nitrogens with zero attached hydrogens (tertiary/aromatic N) is 4. The van der Waals surface area contributed by atoms with Gasteiger partial charge < -0.3 is 4.57 Å². The van der Waals surface area contributed by atoms with Gasteiger partial charge in [-0.3, -0.25) is 9.78 Å². The first-order chi connectivity index (χ1) is 14.1. The van der Waals surface area contributed by atoms with Gasteiger partial charge in [0, 0.05) is 6.20 Å². The molecule has 0 bridgehead atoms. The van der Waals surface area contributed by atoms with Crippen molar-refractivity contribution in [3.05, 3.63) is 84.3 Å². The van der Waals surface area contributed by atoms with E-state index in [4.69, 9.17) is 0 Å². The third-order valence-corrected chi connectivity index (χ3v) is 4.46. The predicted molar refractivity (Wildman–Crippen MR) is 110 cm³/mol. The van der Waals surface area contributed by atoms with Crippen LogP contribution in [0.1, 0.15) is 12.5 Å². The molecule has 0 aliphatic heterocycles. The van der Waals surface area contributed by atoms with Crippen LogP contribution < -0.4 is 5.43 Å². The summed E-state index contributed by atoms with van der Waals surface area (Å²) in [4.78, 5) is 21.6. The van der Waals surface area contributed by atoms with Gasteiger partial charge in [0.05, 0.1) is 16.7 Å². The zero-order chi connectivity index (χ0) is 20.2. The number of carbonyl (C=O) groups excluding carboxylic acids is 1. The molecule has 0 fully saturated rings. The fourth-order valence-corrected chi connectivity index (χ4v) is 3.01. The van der Waals surface area contributed by atoms with Crippen LogP contribution in [0.5, 0.6) is 0 Å². The van der Waals surface area contributed by atoms with E-state index < -0.39 is 0 Å². The van der Waals surface area contributed by atoms with Crippen LogP contribution in [-0.2, 0) is 11.3 Å². The third-order valence-electron chi connectivity index (χ3n) is 4.46. The normalized spacial score (nSPS) is 11.6. The van der Waals surface area contributed by atoms with Crippen LogP contribution >= 0.6 is 0 Å². The Kier molecular flexibility index (Phi) is 5.11. The first kappa shape index (κ1) is 18.5. The van der Waals surface area contributed by atoms with Crippen LogP contribution in [0.25, 0.3) is 22.6 Å². The molecule has 0 saturated carbocycles. The number of imidazole rings is 1. The number of rotatable bonds is 5. The van der Waals surface area contributed by atoms with Crippen LogP contribution in [0.3, 0.4) is 0 Å². The van der Waals surface area contributed by atoms with Crippen LogP contribution in [-0.4, -0.2) is 26.2 Å². The zero-order valence-corrected chi connectivity index (χ0v) is 15.7. The number of nitrogens with one attached hydrogen (secondary N) is 1. The molecule has 29 heavy (non-hydrogen) atoms. The van der Waals surface area contributed by atoms with Crippen molar-refractivity contribution in [1.29, 1.82) is 0 Å². The second kappa shape index (κ2) is 8.02. The number of halogens is 1. The molecular formula is C22H18FN5O. The van der Waals surface area contributed by atoms with Gasteiger partial charge in [-0.1, -0.05) is 30.3 Å². The minimum Gasteiger partial charge on any atom is -0.313 e. The highest BCUT2D eigenvalue weighted by atomic mass is 19.1. The van der Waals surface area contributed by atoms with Gasteiger partial charge in [-0.05, 0) is 48.9 Å². The molecule has 4 aromatic rings. The summed E-state index contributed by atoms with van der Waals surface area (Å²) in [5.74, 6) is -0.00685. The smallest absolute Gasteiger partial charge is 0.260 e. The van der Waals surface area contributed by atoms with Crippen molar-refractivity contribution in [2.75, 3.05) is 0 Å². The monoisotopic (exact) mass is 387 g/mol. The SMILES string of the molecule is CC(=NNC(=O)Cn1c(-c2ccccn2)nc2ccccc21)c1ccc(F)cc1. The van der Waals surface area contributed by atoms with E-state index in [-0.39, 0.29) is 18.3 Å². The van der Waals surface area contributed by atoms with Crippen molar-refractivity contribution in [3.8, 4) is 11.5 Å². The summed E-state index contributed by atoms with van der Waals surface area (Å²) in [6.07, 6.45) is 1.69. The molecule has 0 unspecified atom stereocenters. The van der Waals surface area contributed by atoms with Crippen molar-refractivity contribution < 1.29 is 9.18 Å². The second-order valence-electron chi connectivity index (χ2n) is 6.46. The molecule has 0 saturated heterocycles. The molecule has 144 valence electrons. The lowest BCUT2D eigenvalue weighted by molar-refractivity contribution is -0.121. The van der Waals surface area contributed by atoms with E-state index in [0.717, 1.165) is 16.6 Å². The van der Waals surface area contributed by atoms with E-state index in [9.17, 15) is 9.18 Å². The molecule has 2 aromatic carbocycles. The molecule has 0 radical (unpaired) electrons. The minimum atomic E-state index is -0.320. The highest BCUT2D eigenvalue weighted by Crippen LogP contribution is 2.23. The minimum absolute atomic E-state index is 0.0343. The Morgan fingerprint density at radius 1 is 1.07 bits per heavy atom. The quantitative estimate of drug-likeness (QED) is 0.418. The molecule has 0 spiro atoms. The Hall–Kier alpha value is -3.87. The average Bonchev–Trinajstić information content (AvgIpc) is 3.11. The molecule has 0 aliphatic rings. The lowest BCUT2D eigenvalue weighted by Crippen LogP contribution is -2.24. The first-order valence-corrected chi connectivity index (χ1v) is 9.07. The fraction of sp³-hybridized carbons (Fsp3) is 0.0909. The number of hydrogen-bond donors (Lipinski definition) is 1. The molecule has 2 aromatic heterocycles. The highest BCUT2D eigenvalue weighted by Gasteiger charge is 2.15. The summed E-state index contributed by atoms with van der Waals surface area (Å²) in [5, 5.41) is 4.13. The largest absolute Gasteiger partial charge is 0.313 e. The van der Waals surface area contributed by atoms with E-state index in [1.54, 1.807) is 25.3 Å². The van der Waals surface area contributed by atoms with Gasteiger partial charge in [-0.25, -0.2) is 14.8 Å². The maximum Gasteiger partial charge on any atom is 0.260 e. The third kappa shape index (κ3) is 4.03. The van der Waals surface area contributed by atoms with Gasteiger partial charge in [0.1, 0.15) is 18.1 Å². The number of aromatic nitrogens is 3. The fourth-order valence-electron chi connectivity index (χ4n) is 3.01. The van der Waals surface area contributed by atoms with Gasteiger partial charge in [0.2, 0.25) is 0 Å². The van der Waals surface area contributed by atoms with Crippen molar-refractivity contribution in [3.63, 3.8) is 0 Å². The highest BCUT2D eigenvalue weighted by molar-refractivity contribution is 5.99. The zero-order valence-electron chi connectivity index (χ0n) is 15.7. The number of pyridine rings is 1. The Morgan fingerprint density at radius 3 is 2.59 bits per heavy atom. The van der Waals surface area contributed by atoms with Gasteiger partial charge in [-0.15, -0.1) is 0 Å². The average molecular weight is 387 g/mol. The van der Waals surface area contributed by atoms with Gasteiger partial charge >= 0.3 is 0 Å². The number of hydrazone groups is 1. The molecule has 1 N–H and O–H groups in total. The summed E-state index contributed by atoms with van der Waals surface area (Å²) in [7, 11) is 0. The maximum absolute atomic E-state index is 13.1. The lowest BCUT2D eigenvalue weighted by atomic mass is 10.1. The van der Waals surface area contributed by atoms with Crippen molar-refractivity contribution in [2.24, 2.45) is 5.10 Å². The predicted octanol–water partition coefficient (Wildman–Crippen LogP) is 3.78. The van der Waals surface area contributed by atoms with Crippen molar-refractivity contribution in [2.45, 2.75) is 13.5 Å². The van der Waals surface area contributed by atoms with Gasteiger partial charge in [0.25, 0.3) is 5.91 Å². The van der Waals surface area contributed by atoms with E-state index >= 15 is 0 Å². The Morgan fingerprint density at radius 2 is 1.83 bits per heavy atom. The van der Waals surface area contributed by atoms with E-state index in [0.29, 0.717) is 17.2 Å². The molecular weight excluding hydrogens is 369 g/mol. The van der Waals surface area contributed by atoms with Crippen LogP contribution in [0, 0.1) is 5.82 Å². The summed E-state index contributed by atoms with van der Waals surface area (Å²) in [5.41, 5.74) is 6.18. The van der Waals surface area contributed by atoms with Gasteiger partial charge in [0.15, 0.2) is 5.82 Å². The van der Waals surface area contributed by atoms with Crippen LogP contribution in [0.2, 0.25) is 0 Å². The Balaban J connectivity index is 1.59. The number of carbonyl (C=O) groups is 1. The molecule has 1 amide bonds. The Labute approximate surface area is 166 Å². The molecule has 2 heterocycles. The summed E-state index contributed by atoms with van der Waals surface area (Å²) in [6.45, 7) is 1.78. The number of benzene rings is 2. The molecule has 6 nitrogen and oxygen atoms in total. The maximum atomic E-state index is 13.1. The first-order valence-electron chi connectivity index (χ1n) is 9.07. The van der Waals surface area contributed by atoms with Crippen molar-refractivity contribution in [1.82, 2.24) is 20.0 Å². The molecule has 7 heteroatoms. The molecule has 4 rings (SSSR count). The Bertz CT molecular complexity index is 1180. The van der Waals surface area contributed by atoms with E-state index in [1.807, 2.05) is 47.0 Å². The molecule has 0 aliphatic carbocycles. The lowest BCUT2D eigenvalue weighted by Gasteiger charge is -2.08. The second-order valence-corrected chi connectivity index (χ2v) is 6.46. The summed E-state index contributed by atoms with van der Waals surface area (Å²) >= 11 is 0. The van der Waals surface area contributed by atoms with E-state index in [2.05, 4.69) is 20.5 Å². The van der Waals surface area contributed by atoms with Crippen molar-refractivity contribution >= 4 is 22.7 Å². The number of fused-ring (bicyclic) bond motifs is 1. The topological polar surface area (TPSA) is 72.2 Å². The number of hydrogen-bond acceptors (Lipinski definition) is 4. The standard InChI is InChI=1S/C22H18FN5O/c1-15(16-9-11-17(23)12-10-16)26-27-21(29)14-28-20-8-3-2-6-18(20)25-22(28)19-7-4-5-13-24-19/h2-13H,14H2,1H3,(H,27,29). The van der Waals surface area contributed by atoms with Gasteiger partial charge in [-0.2, -0.15) is 5.10 Å². The van der Waals surface area contributed by atoms with Crippen LogP contribution in [0.15, 0.2) is 78.0 Å². The van der Waals surface area contributed by atoms with Crippen LogP contribution in [0.4, 0.5) is 4.39 Å². The number of amides is 1.